The van der Waals surface area contributed by atoms with E-state index in [2.05, 4.69) is 11.9 Å². The van der Waals surface area contributed by atoms with Gasteiger partial charge in [0.2, 0.25) is 0 Å². The molecular formula is C7H10FNO. The number of hydrogen-bond acceptors (Lipinski definition) is 1. The average Bonchev–Trinajstić information content (AvgIpc) is 1.82. The molecule has 0 spiro atoms. The molecule has 0 aromatic carbocycles. The summed E-state index contributed by atoms with van der Waals surface area (Å²) in [4.78, 5) is 10.4. The zero-order chi connectivity index (χ0) is 8.15. The fourth-order valence-electron chi connectivity index (χ4n) is 0.288. The van der Waals surface area contributed by atoms with Crippen LogP contribution in [0.4, 0.5) is 4.39 Å². The molecule has 0 atom stereocenters. The lowest BCUT2D eigenvalue weighted by Crippen LogP contribution is -2.16. The molecule has 0 rings (SSSR count). The number of rotatable bonds is 2. The van der Waals surface area contributed by atoms with Crippen LogP contribution in [0.1, 0.15) is 13.8 Å². The van der Waals surface area contributed by atoms with Gasteiger partial charge in [-0.1, -0.05) is 12.2 Å². The molecule has 2 nitrogen and oxygen atoms in total. The Morgan fingerprint density at radius 1 is 1.60 bits per heavy atom. The standard InChI is InChI=1S/C7H10FNO/c1-5(2)4-9-7(10)6(3)8/h4H,3H2,1-2H3,(H,9,10). The molecule has 0 radical (unpaired) electrons. The molecule has 0 bridgehead atoms. The van der Waals surface area contributed by atoms with E-state index in [0.29, 0.717) is 0 Å². The predicted molar refractivity (Wildman–Crippen MR) is 37.8 cm³/mol. The fraction of sp³-hybridized carbons (Fsp3) is 0.286. The Morgan fingerprint density at radius 2 is 2.10 bits per heavy atom. The molecule has 56 valence electrons. The normalized spacial score (nSPS) is 8.30. The molecule has 3 heteroatoms. The lowest BCUT2D eigenvalue weighted by atomic mass is 10.4. The monoisotopic (exact) mass is 143 g/mol. The fourth-order valence-corrected chi connectivity index (χ4v) is 0.288. The largest absolute Gasteiger partial charge is 0.327 e. The van der Waals surface area contributed by atoms with E-state index in [4.69, 9.17) is 0 Å². The third-order valence-corrected chi connectivity index (χ3v) is 0.738. The Kier molecular flexibility index (Phi) is 3.39. The second-order valence-electron chi connectivity index (χ2n) is 2.10. The predicted octanol–water partition coefficient (Wildman–Crippen LogP) is 1.51. The Hall–Kier alpha value is -1.12. The van der Waals surface area contributed by atoms with E-state index in [1.54, 1.807) is 13.8 Å². The highest BCUT2D eigenvalue weighted by atomic mass is 19.1. The van der Waals surface area contributed by atoms with Gasteiger partial charge < -0.3 is 5.32 Å². The summed E-state index contributed by atoms with van der Waals surface area (Å²) in [6.45, 7) is 6.41. The van der Waals surface area contributed by atoms with Crippen molar-refractivity contribution in [3.8, 4) is 0 Å². The minimum atomic E-state index is -0.975. The highest BCUT2D eigenvalue weighted by Gasteiger charge is 2.00. The number of carbonyl (C=O) groups excluding carboxylic acids is 1. The number of hydrogen-bond donors (Lipinski definition) is 1. The van der Waals surface area contributed by atoms with Gasteiger partial charge in [0, 0.05) is 6.20 Å². The molecule has 1 N–H and O–H groups in total. The van der Waals surface area contributed by atoms with Gasteiger partial charge >= 0.3 is 0 Å². The second kappa shape index (κ2) is 3.82. The van der Waals surface area contributed by atoms with Crippen LogP contribution in [0.15, 0.2) is 24.2 Å². The number of nitrogens with one attached hydrogen (secondary N) is 1. The van der Waals surface area contributed by atoms with Crippen molar-refractivity contribution >= 4 is 5.91 Å². The van der Waals surface area contributed by atoms with Gasteiger partial charge in [-0.2, -0.15) is 0 Å². The van der Waals surface area contributed by atoms with Crippen LogP contribution in [0, 0.1) is 0 Å². The summed E-state index contributed by atoms with van der Waals surface area (Å²) in [5.41, 5.74) is 0.898. The van der Waals surface area contributed by atoms with E-state index in [9.17, 15) is 9.18 Å². The van der Waals surface area contributed by atoms with Gasteiger partial charge in [-0.3, -0.25) is 4.79 Å². The molecule has 0 aromatic rings. The molecule has 1 amide bonds. The van der Waals surface area contributed by atoms with Crippen LogP contribution in [-0.4, -0.2) is 5.91 Å². The zero-order valence-electron chi connectivity index (χ0n) is 6.07. The number of halogens is 1. The Balaban J connectivity index is 3.83. The van der Waals surface area contributed by atoms with Crippen molar-refractivity contribution in [3.63, 3.8) is 0 Å². The molecule has 10 heavy (non-hydrogen) atoms. The molecule has 0 aromatic heterocycles. The van der Waals surface area contributed by atoms with E-state index in [1.807, 2.05) is 0 Å². The molecule has 0 saturated heterocycles. The summed E-state index contributed by atoms with van der Waals surface area (Å²) in [7, 11) is 0. The van der Waals surface area contributed by atoms with E-state index >= 15 is 0 Å². The van der Waals surface area contributed by atoms with Crippen LogP contribution in [0.5, 0.6) is 0 Å². The van der Waals surface area contributed by atoms with Gasteiger partial charge in [0.1, 0.15) is 0 Å². The molecular weight excluding hydrogens is 133 g/mol. The van der Waals surface area contributed by atoms with E-state index in [0.717, 1.165) is 5.57 Å². The average molecular weight is 143 g/mol. The zero-order valence-corrected chi connectivity index (χ0v) is 6.07. The van der Waals surface area contributed by atoms with Crippen LogP contribution >= 0.6 is 0 Å². The summed E-state index contributed by atoms with van der Waals surface area (Å²) in [5, 5.41) is 2.21. The lowest BCUT2D eigenvalue weighted by molar-refractivity contribution is -0.117. The molecule has 0 aliphatic carbocycles. The molecule has 0 aliphatic rings. The maximum atomic E-state index is 11.9. The van der Waals surface area contributed by atoms with Gasteiger partial charge in [0.25, 0.3) is 5.91 Å². The van der Waals surface area contributed by atoms with Crippen LogP contribution < -0.4 is 5.32 Å². The second-order valence-corrected chi connectivity index (χ2v) is 2.10. The van der Waals surface area contributed by atoms with Crippen LogP contribution in [0.25, 0.3) is 0 Å². The topological polar surface area (TPSA) is 29.1 Å². The molecule has 0 unspecified atom stereocenters. The molecule has 0 aliphatic heterocycles. The van der Waals surface area contributed by atoms with Gasteiger partial charge in [-0.15, -0.1) is 0 Å². The van der Waals surface area contributed by atoms with Gasteiger partial charge in [0.05, 0.1) is 0 Å². The van der Waals surface area contributed by atoms with Gasteiger partial charge in [0.15, 0.2) is 5.83 Å². The summed E-state index contributed by atoms with van der Waals surface area (Å²) in [6.07, 6.45) is 1.42. The molecule has 0 heterocycles. The Morgan fingerprint density at radius 3 is 2.40 bits per heavy atom. The quantitative estimate of drug-likeness (QED) is 0.583. The smallest absolute Gasteiger partial charge is 0.283 e. The van der Waals surface area contributed by atoms with Crippen LogP contribution in [-0.2, 0) is 4.79 Å². The minimum absolute atomic E-state index is 0.791. The van der Waals surface area contributed by atoms with Crippen molar-refractivity contribution in [3.05, 3.63) is 24.2 Å². The Labute approximate surface area is 59.4 Å². The maximum absolute atomic E-state index is 11.9. The first-order valence-electron chi connectivity index (χ1n) is 2.82. The SMILES string of the molecule is C=C(F)C(=O)NC=C(C)C. The molecule has 0 saturated carbocycles. The van der Waals surface area contributed by atoms with Crippen molar-refractivity contribution < 1.29 is 9.18 Å². The lowest BCUT2D eigenvalue weighted by Gasteiger charge is -1.94. The molecule has 0 fully saturated rings. The summed E-state index contributed by atoms with van der Waals surface area (Å²) in [5.74, 6) is -1.77. The van der Waals surface area contributed by atoms with Crippen molar-refractivity contribution in [1.29, 1.82) is 0 Å². The third kappa shape index (κ3) is 3.83. The van der Waals surface area contributed by atoms with Crippen LogP contribution in [0.3, 0.4) is 0 Å². The third-order valence-electron chi connectivity index (χ3n) is 0.738. The first-order chi connectivity index (χ1) is 4.54. The van der Waals surface area contributed by atoms with E-state index < -0.39 is 11.7 Å². The highest BCUT2D eigenvalue weighted by Crippen LogP contribution is 1.91. The van der Waals surface area contributed by atoms with Crippen molar-refractivity contribution in [1.82, 2.24) is 5.32 Å². The highest BCUT2D eigenvalue weighted by molar-refractivity contribution is 5.91. The van der Waals surface area contributed by atoms with E-state index in [-0.39, 0.29) is 0 Å². The van der Waals surface area contributed by atoms with Gasteiger partial charge in [-0.25, -0.2) is 4.39 Å². The summed E-state index contributed by atoms with van der Waals surface area (Å²) in [6, 6.07) is 0. The van der Waals surface area contributed by atoms with Gasteiger partial charge in [-0.05, 0) is 13.8 Å². The minimum Gasteiger partial charge on any atom is -0.327 e. The first kappa shape index (κ1) is 8.88. The van der Waals surface area contributed by atoms with Crippen molar-refractivity contribution in [2.45, 2.75) is 13.8 Å². The van der Waals surface area contributed by atoms with Crippen molar-refractivity contribution in [2.24, 2.45) is 0 Å². The van der Waals surface area contributed by atoms with Crippen molar-refractivity contribution in [2.75, 3.05) is 0 Å². The number of carbonyl (C=O) groups is 1. The number of amides is 1. The van der Waals surface area contributed by atoms with E-state index in [1.165, 1.54) is 6.20 Å². The summed E-state index contributed by atoms with van der Waals surface area (Å²) < 4.78 is 11.9. The summed E-state index contributed by atoms with van der Waals surface area (Å²) >= 11 is 0. The van der Waals surface area contributed by atoms with Crippen LogP contribution in [0.2, 0.25) is 0 Å². The Bertz CT molecular complexity index is 180. The first-order valence-corrected chi connectivity index (χ1v) is 2.82. The maximum Gasteiger partial charge on any atom is 0.283 e. The number of allylic oxidation sites excluding steroid dienone is 1.